The molecule has 0 aromatic carbocycles. The van der Waals surface area contributed by atoms with Crippen LogP contribution in [0.25, 0.3) is 0 Å². The Labute approximate surface area is 84.0 Å². The molecule has 15 heavy (non-hydrogen) atoms. The number of hydrogen-bond donors (Lipinski definition) is 1. The highest BCUT2D eigenvalue weighted by atomic mass is 16.4. The number of aliphatic carboxylic acids is 1. The lowest BCUT2D eigenvalue weighted by Gasteiger charge is -2.07. The van der Waals surface area contributed by atoms with E-state index in [2.05, 4.69) is 15.3 Å². The average molecular weight is 206 g/mol. The number of hydrogen-bond acceptors (Lipinski definition) is 5. The molecule has 7 nitrogen and oxygen atoms in total. The summed E-state index contributed by atoms with van der Waals surface area (Å²) in [7, 11) is 0. The molecule has 0 saturated carbocycles. The zero-order valence-corrected chi connectivity index (χ0v) is 7.49. The van der Waals surface area contributed by atoms with Crippen molar-refractivity contribution in [1.82, 2.24) is 10.2 Å². The van der Waals surface area contributed by atoms with Crippen molar-refractivity contribution < 1.29 is 14.7 Å². The van der Waals surface area contributed by atoms with Crippen LogP contribution in [-0.2, 0) is 9.59 Å². The van der Waals surface area contributed by atoms with Crippen molar-refractivity contribution in [2.75, 3.05) is 5.01 Å². The number of carbonyl (C=O) groups excluding carboxylic acids is 1. The van der Waals surface area contributed by atoms with Crippen LogP contribution in [0.5, 0.6) is 0 Å². The van der Waals surface area contributed by atoms with Gasteiger partial charge < -0.3 is 5.11 Å². The van der Waals surface area contributed by atoms with E-state index in [-0.39, 0.29) is 18.0 Å². The second kappa shape index (κ2) is 3.45. The molecule has 1 amide bonds. The molecule has 76 valence electrons. The molecule has 0 spiro atoms. The summed E-state index contributed by atoms with van der Waals surface area (Å²) < 4.78 is 0. The van der Waals surface area contributed by atoms with Crippen molar-refractivity contribution in [2.24, 2.45) is 5.10 Å². The molecule has 1 aromatic heterocycles. The molecule has 0 bridgehead atoms. The molecule has 0 radical (unpaired) electrons. The summed E-state index contributed by atoms with van der Waals surface area (Å²) in [5.41, 5.74) is -0.189. The highest BCUT2D eigenvalue weighted by Crippen LogP contribution is 2.16. The summed E-state index contributed by atoms with van der Waals surface area (Å²) in [4.78, 5) is 21.9. The largest absolute Gasteiger partial charge is 0.477 e. The van der Waals surface area contributed by atoms with E-state index in [1.807, 2.05) is 0 Å². The summed E-state index contributed by atoms with van der Waals surface area (Å²) in [5.74, 6) is -1.40. The molecule has 0 saturated heterocycles. The van der Waals surface area contributed by atoms with Gasteiger partial charge in [0.05, 0.1) is 6.42 Å². The minimum atomic E-state index is -1.20. The van der Waals surface area contributed by atoms with Crippen LogP contribution >= 0.6 is 0 Å². The third kappa shape index (κ3) is 1.66. The molecule has 0 atom stereocenters. The van der Waals surface area contributed by atoms with E-state index in [4.69, 9.17) is 5.11 Å². The first-order valence-electron chi connectivity index (χ1n) is 4.10. The topological polar surface area (TPSA) is 95.8 Å². The zero-order chi connectivity index (χ0) is 10.8. The number of nitrogens with zero attached hydrogens (tertiary/aromatic N) is 4. The van der Waals surface area contributed by atoms with Crippen LogP contribution in [0, 0.1) is 0 Å². The van der Waals surface area contributed by atoms with Gasteiger partial charge in [-0.25, -0.2) is 4.79 Å². The van der Waals surface area contributed by atoms with Gasteiger partial charge in [0, 0.05) is 6.20 Å². The quantitative estimate of drug-likeness (QED) is 0.713. The number of hydrazone groups is 1. The first-order chi connectivity index (χ1) is 7.18. The molecule has 2 heterocycles. The second-order valence-electron chi connectivity index (χ2n) is 2.82. The van der Waals surface area contributed by atoms with Crippen LogP contribution in [0.3, 0.4) is 0 Å². The van der Waals surface area contributed by atoms with E-state index in [1.165, 1.54) is 12.3 Å². The SMILES string of the molecule is O=C(O)C1=NN(c2cccnn2)C(=O)C1. The van der Waals surface area contributed by atoms with Gasteiger partial charge >= 0.3 is 5.97 Å². The predicted octanol–water partition coefficient (Wildman–Crippen LogP) is -0.346. The highest BCUT2D eigenvalue weighted by Gasteiger charge is 2.29. The van der Waals surface area contributed by atoms with Gasteiger partial charge in [-0.05, 0) is 12.1 Å². The van der Waals surface area contributed by atoms with Gasteiger partial charge in [0.25, 0.3) is 5.91 Å². The maximum atomic E-state index is 11.4. The summed E-state index contributed by atoms with van der Waals surface area (Å²) in [5, 5.41) is 20.5. The molecule has 0 unspecified atom stereocenters. The van der Waals surface area contributed by atoms with Crippen LogP contribution in [0.1, 0.15) is 6.42 Å². The molecule has 7 heteroatoms. The Morgan fingerprint density at radius 1 is 1.53 bits per heavy atom. The smallest absolute Gasteiger partial charge is 0.352 e. The van der Waals surface area contributed by atoms with E-state index < -0.39 is 11.9 Å². The Kier molecular flexibility index (Phi) is 2.13. The molecular formula is C8H6N4O3. The maximum absolute atomic E-state index is 11.4. The fraction of sp³-hybridized carbons (Fsp3) is 0.125. The third-order valence-electron chi connectivity index (χ3n) is 1.80. The maximum Gasteiger partial charge on any atom is 0.352 e. The molecule has 1 N–H and O–H groups in total. The number of anilines is 1. The zero-order valence-electron chi connectivity index (χ0n) is 7.49. The first-order valence-corrected chi connectivity index (χ1v) is 4.10. The van der Waals surface area contributed by atoms with Crippen molar-refractivity contribution in [3.63, 3.8) is 0 Å². The van der Waals surface area contributed by atoms with Crippen molar-refractivity contribution in [2.45, 2.75) is 6.42 Å². The Morgan fingerprint density at radius 2 is 2.33 bits per heavy atom. The van der Waals surface area contributed by atoms with Crippen molar-refractivity contribution >= 4 is 23.4 Å². The predicted molar refractivity (Wildman–Crippen MR) is 49.2 cm³/mol. The van der Waals surface area contributed by atoms with Gasteiger partial charge in [0.2, 0.25) is 0 Å². The molecule has 0 fully saturated rings. The van der Waals surface area contributed by atoms with Gasteiger partial charge in [-0.1, -0.05) is 0 Å². The Balaban J connectivity index is 2.32. The van der Waals surface area contributed by atoms with Crippen LogP contribution in [-0.4, -0.2) is 32.9 Å². The second-order valence-corrected chi connectivity index (χ2v) is 2.82. The lowest BCUT2D eigenvalue weighted by atomic mass is 10.3. The molecule has 1 aliphatic heterocycles. The Morgan fingerprint density at radius 3 is 2.87 bits per heavy atom. The normalized spacial score (nSPS) is 15.3. The van der Waals surface area contributed by atoms with E-state index in [0.29, 0.717) is 0 Å². The van der Waals surface area contributed by atoms with Gasteiger partial charge in [-0.2, -0.15) is 15.2 Å². The standard InChI is InChI=1S/C8H6N4O3/c13-7-4-5(8(14)15)11-12(7)6-2-1-3-9-10-6/h1-3H,4H2,(H,14,15). The van der Waals surface area contributed by atoms with Crippen molar-refractivity contribution in [3.05, 3.63) is 18.3 Å². The summed E-state index contributed by atoms with van der Waals surface area (Å²) >= 11 is 0. The number of carboxylic acids is 1. The number of aromatic nitrogens is 2. The van der Waals surface area contributed by atoms with E-state index in [1.54, 1.807) is 6.07 Å². The van der Waals surface area contributed by atoms with Crippen molar-refractivity contribution in [3.8, 4) is 0 Å². The molecule has 1 aliphatic rings. The third-order valence-corrected chi connectivity index (χ3v) is 1.80. The minimum absolute atomic E-state index is 0.189. The Bertz CT molecular complexity index is 442. The van der Waals surface area contributed by atoms with Gasteiger partial charge in [0.15, 0.2) is 11.5 Å². The van der Waals surface area contributed by atoms with Crippen LogP contribution in [0.4, 0.5) is 5.82 Å². The number of carbonyl (C=O) groups is 2. The van der Waals surface area contributed by atoms with Crippen LogP contribution in [0.2, 0.25) is 0 Å². The molecular weight excluding hydrogens is 200 g/mol. The van der Waals surface area contributed by atoms with Gasteiger partial charge in [-0.3, -0.25) is 4.79 Å². The fourth-order valence-electron chi connectivity index (χ4n) is 1.13. The molecule has 0 aliphatic carbocycles. The summed E-state index contributed by atoms with van der Waals surface area (Å²) in [6.07, 6.45) is 1.23. The summed E-state index contributed by atoms with van der Waals surface area (Å²) in [6.45, 7) is 0. The number of rotatable bonds is 2. The fourth-order valence-corrected chi connectivity index (χ4v) is 1.13. The molecule has 2 rings (SSSR count). The number of amides is 1. The van der Waals surface area contributed by atoms with E-state index in [0.717, 1.165) is 5.01 Å². The lowest BCUT2D eigenvalue weighted by molar-refractivity contribution is -0.129. The van der Waals surface area contributed by atoms with Crippen molar-refractivity contribution in [1.29, 1.82) is 0 Å². The number of carboxylic acid groups (broad SMARTS) is 1. The molecule has 1 aromatic rings. The minimum Gasteiger partial charge on any atom is -0.477 e. The van der Waals surface area contributed by atoms with Gasteiger partial charge in [-0.15, -0.1) is 5.10 Å². The van der Waals surface area contributed by atoms with E-state index >= 15 is 0 Å². The van der Waals surface area contributed by atoms with Crippen LogP contribution < -0.4 is 5.01 Å². The highest BCUT2D eigenvalue weighted by molar-refractivity contribution is 6.42. The van der Waals surface area contributed by atoms with Gasteiger partial charge in [0.1, 0.15) is 0 Å². The Hall–Kier alpha value is -2.31. The monoisotopic (exact) mass is 206 g/mol. The first kappa shape index (κ1) is 9.25. The average Bonchev–Trinajstić information content (AvgIpc) is 2.62. The summed E-state index contributed by atoms with van der Waals surface area (Å²) in [6, 6.07) is 3.11. The van der Waals surface area contributed by atoms with Crippen LogP contribution in [0.15, 0.2) is 23.4 Å². The lowest BCUT2D eigenvalue weighted by Crippen LogP contribution is -2.20. The van der Waals surface area contributed by atoms with E-state index in [9.17, 15) is 9.59 Å².